The van der Waals surface area contributed by atoms with Crippen molar-refractivity contribution >= 4 is 39.0 Å². The van der Waals surface area contributed by atoms with E-state index in [0.29, 0.717) is 74.3 Å². The Hall–Kier alpha value is -3.14. The number of nitrogens with zero attached hydrogens (tertiary/aromatic N) is 1. The van der Waals surface area contributed by atoms with Crippen molar-refractivity contribution in [1.82, 2.24) is 10.6 Å². The predicted octanol–water partition coefficient (Wildman–Crippen LogP) is 7.05. The number of ether oxygens (including phenoxy) is 3. The maximum Gasteiger partial charge on any atom is 0.196 e. The number of carbonyl (C=O) groups is 1. The number of aliphatic hydroxyl groups is 2. The number of hydrogen-bond acceptors (Lipinski definition) is 12. The third-order valence-corrected chi connectivity index (χ3v) is 15.2. The molecule has 3 fully saturated rings. The minimum Gasteiger partial charge on any atom is -0.504 e. The summed E-state index contributed by atoms with van der Waals surface area (Å²) in [6.07, 6.45) is 14.3. The fraction of sp³-hybridized carbons (Fsp3) is 0.636. The van der Waals surface area contributed by atoms with Crippen LogP contribution in [-0.2, 0) is 21.4 Å². The van der Waals surface area contributed by atoms with Gasteiger partial charge in [-0.2, -0.15) is 0 Å². The number of likely N-dealkylation sites (N-methyl/N-ethyl adjacent to an activating group) is 1. The van der Waals surface area contributed by atoms with Crippen LogP contribution >= 0.6 is 21.6 Å². The molecular weight excluding hydrogens is 777 g/mol. The second kappa shape index (κ2) is 20.4. The Kier molecular flexibility index (Phi) is 15.6. The van der Waals surface area contributed by atoms with Gasteiger partial charge in [-0.25, -0.2) is 0 Å². The average molecular weight is 841 g/mol. The summed E-state index contributed by atoms with van der Waals surface area (Å²) < 4.78 is 18.0. The van der Waals surface area contributed by atoms with Gasteiger partial charge in [-0.1, -0.05) is 53.0 Å². The average Bonchev–Trinajstić information content (AvgIpc) is 3.96. The number of aromatic hydroxyl groups is 2. The van der Waals surface area contributed by atoms with E-state index < -0.39 is 17.3 Å². The van der Waals surface area contributed by atoms with Crippen molar-refractivity contribution in [2.45, 2.75) is 107 Å². The number of aliphatic imine (C=N–C) groups is 1. The molecule has 12 nitrogen and oxygen atoms in total. The molecule has 4 aliphatic rings. The number of hydrogen-bond donors (Lipinski definition) is 7. The first-order valence-corrected chi connectivity index (χ1v) is 23.5. The molecular formula is C44H64N4O8S2. The smallest absolute Gasteiger partial charge is 0.196 e. The number of nitrogens with one attached hydrogen (secondary N) is 3. The summed E-state index contributed by atoms with van der Waals surface area (Å²) in [5, 5.41) is 52.1. The largest absolute Gasteiger partial charge is 0.504 e. The molecule has 1 spiro atoms. The van der Waals surface area contributed by atoms with Crippen molar-refractivity contribution in [2.75, 3.05) is 57.9 Å². The summed E-state index contributed by atoms with van der Waals surface area (Å²) in [6, 6.07) is 9.48. The predicted molar refractivity (Wildman–Crippen MR) is 233 cm³/mol. The number of benzene rings is 2. The lowest BCUT2D eigenvalue weighted by atomic mass is 9.70. The molecule has 0 unspecified atom stereocenters. The second-order valence-corrected chi connectivity index (χ2v) is 19.2. The molecule has 3 aliphatic carbocycles. The van der Waals surface area contributed by atoms with E-state index in [4.69, 9.17) is 19.3 Å². The van der Waals surface area contributed by atoms with Gasteiger partial charge in [0.2, 0.25) is 0 Å². The fourth-order valence-electron chi connectivity index (χ4n) is 9.99. The van der Waals surface area contributed by atoms with Crippen molar-refractivity contribution in [1.29, 1.82) is 0 Å². The highest BCUT2D eigenvalue weighted by atomic mass is 33.1. The third kappa shape index (κ3) is 10.4. The number of aliphatic hydroxyl groups excluding tert-OH is 2. The Morgan fingerprint density at radius 3 is 2.64 bits per heavy atom. The lowest BCUT2D eigenvalue weighted by Crippen LogP contribution is -2.43. The number of ketones is 1. The van der Waals surface area contributed by atoms with Crippen molar-refractivity contribution in [3.05, 3.63) is 53.6 Å². The third-order valence-electron chi connectivity index (χ3n) is 13.0. The van der Waals surface area contributed by atoms with E-state index in [1.165, 1.54) is 0 Å². The van der Waals surface area contributed by atoms with Crippen LogP contribution in [0.2, 0.25) is 0 Å². The lowest BCUT2D eigenvalue weighted by molar-refractivity contribution is -0.125. The number of methoxy groups -OCH3 is 1. The molecule has 0 saturated heterocycles. The van der Waals surface area contributed by atoms with Crippen molar-refractivity contribution in [2.24, 2.45) is 22.2 Å². The van der Waals surface area contributed by atoms with E-state index in [2.05, 4.69) is 27.0 Å². The minimum absolute atomic E-state index is 0.0115. The summed E-state index contributed by atoms with van der Waals surface area (Å²) in [5.41, 5.74) is 1.08. The molecule has 0 radical (unpaired) electrons. The molecule has 5 atom stereocenters. The fourth-order valence-corrected chi connectivity index (χ4v) is 12.2. The maximum atomic E-state index is 14.7. The van der Waals surface area contributed by atoms with Crippen molar-refractivity contribution in [3.8, 4) is 23.0 Å². The standard InChI is InChI=1S/C44H64N4O8S2/c1-45-28-43(18-13-31(25-43)22-39(52)55-20-8-19-49)56-37-24-33-23-34(40(37)53)48-41(46-2)47-29-58-57-27-32-9-6-17-44(32,26-30-11-12-35(50)36(21-30)54-3)38(51)10-7-16-42(33)14-4-5-15-42/h7,10-12,21,23-24,31-32,39,45,49-50,52-53H,4-6,8-9,13-20,22,25-29H2,1-3H3,(H2,46,47,48)/t31-,32+,39-,43-,44+/m1/s1. The van der Waals surface area contributed by atoms with Crippen LogP contribution in [0.15, 0.2) is 47.5 Å². The molecule has 1 aliphatic heterocycles. The summed E-state index contributed by atoms with van der Waals surface area (Å²) in [4.78, 5) is 19.2. The molecule has 58 heavy (non-hydrogen) atoms. The van der Waals surface area contributed by atoms with Crippen LogP contribution in [-0.4, -0.2) is 96.7 Å². The Labute approximate surface area is 351 Å². The highest BCUT2D eigenvalue weighted by molar-refractivity contribution is 8.76. The Bertz CT molecular complexity index is 1760. The van der Waals surface area contributed by atoms with E-state index in [9.17, 15) is 20.1 Å². The molecule has 14 heteroatoms. The molecule has 0 aromatic heterocycles. The summed E-state index contributed by atoms with van der Waals surface area (Å²) in [7, 11) is 8.60. The lowest BCUT2D eigenvalue weighted by Gasteiger charge is -2.34. The number of guanidine groups is 1. The van der Waals surface area contributed by atoms with Gasteiger partial charge in [0.25, 0.3) is 0 Å². The van der Waals surface area contributed by atoms with Crippen LogP contribution in [0.1, 0.15) is 94.6 Å². The number of phenols is 2. The first-order valence-electron chi connectivity index (χ1n) is 21.0. The molecule has 2 aromatic carbocycles. The van der Waals surface area contributed by atoms with E-state index in [1.807, 2.05) is 37.4 Å². The molecule has 1 heterocycles. The van der Waals surface area contributed by atoms with Gasteiger partial charge in [0.15, 0.2) is 41.0 Å². The number of rotatable bonds is 13. The van der Waals surface area contributed by atoms with Crippen LogP contribution in [0.25, 0.3) is 0 Å². The normalized spacial score (nSPS) is 27.5. The number of fused-ring (bicyclic) bond motifs is 4. The molecule has 6 rings (SSSR count). The molecule has 7 N–H and O–H groups in total. The topological polar surface area (TPSA) is 174 Å². The Balaban J connectivity index is 1.33. The SMILES string of the molecule is CN=C1NCSSC[C@@H]2CCC[C@@]2(Cc2ccc(O)c(OC)c2)C(=O)C=CCC2(CCCC2)c2cc(c(O)c(O[C@]3(CNC)CC[C@H](C[C@H](O)OCCCO)C3)c2)N1. The second-order valence-electron chi connectivity index (χ2n) is 16.7. The van der Waals surface area contributed by atoms with E-state index in [1.54, 1.807) is 41.8 Å². The van der Waals surface area contributed by atoms with Crippen LogP contribution in [0, 0.1) is 17.3 Å². The van der Waals surface area contributed by atoms with Gasteiger partial charge in [0, 0.05) is 37.8 Å². The van der Waals surface area contributed by atoms with Crippen molar-refractivity contribution in [3.63, 3.8) is 0 Å². The van der Waals surface area contributed by atoms with Gasteiger partial charge in [-0.05, 0) is 130 Å². The Morgan fingerprint density at radius 1 is 1.05 bits per heavy atom. The Morgan fingerprint density at radius 2 is 1.88 bits per heavy atom. The van der Waals surface area contributed by atoms with Gasteiger partial charge >= 0.3 is 0 Å². The zero-order valence-corrected chi connectivity index (χ0v) is 36.0. The monoisotopic (exact) mass is 840 g/mol. The van der Waals surface area contributed by atoms with E-state index in [-0.39, 0.29) is 41.1 Å². The van der Waals surface area contributed by atoms with Gasteiger partial charge in [0.1, 0.15) is 5.60 Å². The maximum absolute atomic E-state index is 14.7. The molecule has 2 aromatic rings. The quantitative estimate of drug-likeness (QED) is 0.0474. The summed E-state index contributed by atoms with van der Waals surface area (Å²) in [6.45, 7) is 0.880. The molecule has 0 amide bonds. The van der Waals surface area contributed by atoms with Crippen LogP contribution in [0.3, 0.4) is 0 Å². The first-order chi connectivity index (χ1) is 28.1. The summed E-state index contributed by atoms with van der Waals surface area (Å²) in [5.74, 6) is 3.33. The van der Waals surface area contributed by atoms with E-state index in [0.717, 1.165) is 74.7 Å². The zero-order valence-electron chi connectivity index (χ0n) is 34.4. The molecule has 2 bridgehead atoms. The van der Waals surface area contributed by atoms with Gasteiger partial charge in [0.05, 0.1) is 25.3 Å². The van der Waals surface area contributed by atoms with Crippen LogP contribution in [0.5, 0.6) is 23.0 Å². The van der Waals surface area contributed by atoms with E-state index >= 15 is 0 Å². The van der Waals surface area contributed by atoms with Gasteiger partial charge in [-0.15, -0.1) is 0 Å². The number of anilines is 1. The number of carbonyl (C=O) groups excluding carboxylic acids is 1. The summed E-state index contributed by atoms with van der Waals surface area (Å²) >= 11 is 0. The van der Waals surface area contributed by atoms with Crippen molar-refractivity contribution < 1.29 is 39.4 Å². The highest BCUT2D eigenvalue weighted by Crippen LogP contribution is 2.52. The highest BCUT2D eigenvalue weighted by Gasteiger charge is 2.48. The van der Waals surface area contributed by atoms with Gasteiger partial charge in [-0.3, -0.25) is 9.79 Å². The zero-order chi connectivity index (χ0) is 41.2. The van der Waals surface area contributed by atoms with Crippen LogP contribution < -0.4 is 25.4 Å². The molecule has 320 valence electrons. The van der Waals surface area contributed by atoms with Crippen LogP contribution in [0.4, 0.5) is 5.69 Å². The minimum atomic E-state index is -0.914. The molecule has 3 saturated carbocycles. The number of allylic oxidation sites excluding steroid dienone is 2. The number of phenolic OH excluding ortho intramolecular Hbond substituents is 2. The van der Waals surface area contributed by atoms with Gasteiger partial charge < -0.3 is 50.6 Å². The first kappa shape index (κ1) is 44.4.